The van der Waals surface area contributed by atoms with E-state index in [-0.39, 0.29) is 5.56 Å². The Morgan fingerprint density at radius 2 is 1.85 bits per heavy atom. The number of pyridine rings is 1. The minimum Gasteiger partial charge on any atom is -0.305 e. The van der Waals surface area contributed by atoms with Crippen molar-refractivity contribution < 1.29 is 0 Å². The Morgan fingerprint density at radius 3 is 2.60 bits per heavy atom. The van der Waals surface area contributed by atoms with E-state index in [0.717, 1.165) is 11.1 Å². The van der Waals surface area contributed by atoms with Gasteiger partial charge in [0.25, 0.3) is 5.56 Å². The third kappa shape index (κ3) is 2.36. The highest BCUT2D eigenvalue weighted by Crippen LogP contribution is 2.19. The van der Waals surface area contributed by atoms with Gasteiger partial charge in [-0.15, -0.1) is 0 Å². The van der Waals surface area contributed by atoms with Crippen molar-refractivity contribution >= 4 is 0 Å². The summed E-state index contributed by atoms with van der Waals surface area (Å²) in [4.78, 5) is 23.4. The maximum atomic E-state index is 11.8. The number of hydrogen-bond donors (Lipinski definition) is 1. The molecule has 1 N–H and O–H groups in total. The number of nitrogens with one attached hydrogen (secondary N) is 1. The van der Waals surface area contributed by atoms with Gasteiger partial charge in [0.15, 0.2) is 5.82 Å². The van der Waals surface area contributed by atoms with Crippen LogP contribution >= 0.6 is 0 Å². The number of H-pyrrole nitrogens is 1. The molecule has 3 rings (SSSR count). The van der Waals surface area contributed by atoms with Crippen molar-refractivity contribution in [2.45, 2.75) is 6.92 Å². The maximum Gasteiger partial charge on any atom is 0.251 e. The molecule has 0 aliphatic rings. The van der Waals surface area contributed by atoms with Crippen LogP contribution in [0.15, 0.2) is 59.5 Å². The van der Waals surface area contributed by atoms with Gasteiger partial charge < -0.3 is 4.98 Å². The minimum absolute atomic E-state index is 0.182. The smallest absolute Gasteiger partial charge is 0.251 e. The van der Waals surface area contributed by atoms with E-state index in [9.17, 15) is 4.79 Å². The van der Waals surface area contributed by atoms with Crippen LogP contribution in [0.4, 0.5) is 0 Å². The normalized spacial score (nSPS) is 10.4. The van der Waals surface area contributed by atoms with E-state index in [0.29, 0.717) is 17.2 Å². The molecular formula is C16H13N3O. The first kappa shape index (κ1) is 12.3. The lowest BCUT2D eigenvalue weighted by atomic mass is 10.1. The third-order valence-electron chi connectivity index (χ3n) is 3.04. The summed E-state index contributed by atoms with van der Waals surface area (Å²) < 4.78 is 0. The molecule has 0 saturated carbocycles. The quantitative estimate of drug-likeness (QED) is 0.773. The average molecular weight is 263 g/mol. The van der Waals surface area contributed by atoms with Gasteiger partial charge in [0.1, 0.15) is 5.69 Å². The highest BCUT2D eigenvalue weighted by molar-refractivity contribution is 5.62. The summed E-state index contributed by atoms with van der Waals surface area (Å²) >= 11 is 0. The van der Waals surface area contributed by atoms with E-state index < -0.39 is 0 Å². The number of aryl methyl sites for hydroxylation is 1. The first-order chi connectivity index (χ1) is 9.74. The predicted octanol–water partition coefficient (Wildman–Crippen LogP) is 2.81. The molecular weight excluding hydrogens is 250 g/mol. The van der Waals surface area contributed by atoms with Crippen LogP contribution < -0.4 is 5.56 Å². The summed E-state index contributed by atoms with van der Waals surface area (Å²) in [6, 6.07) is 14.9. The molecule has 0 saturated heterocycles. The minimum atomic E-state index is -0.182. The van der Waals surface area contributed by atoms with Crippen LogP contribution in [0.3, 0.4) is 0 Å². The van der Waals surface area contributed by atoms with Crippen molar-refractivity contribution in [2.75, 3.05) is 0 Å². The molecule has 98 valence electrons. The predicted molar refractivity (Wildman–Crippen MR) is 78.3 cm³/mol. The summed E-state index contributed by atoms with van der Waals surface area (Å²) in [7, 11) is 0. The Morgan fingerprint density at radius 1 is 1.05 bits per heavy atom. The first-order valence-electron chi connectivity index (χ1n) is 6.33. The number of nitrogens with zero attached hydrogens (tertiary/aromatic N) is 2. The van der Waals surface area contributed by atoms with Crippen LogP contribution in [0, 0.1) is 6.92 Å². The topological polar surface area (TPSA) is 58.6 Å². The van der Waals surface area contributed by atoms with Gasteiger partial charge in [0, 0.05) is 17.8 Å². The Hall–Kier alpha value is -2.75. The molecule has 0 spiro atoms. The van der Waals surface area contributed by atoms with E-state index in [1.165, 1.54) is 6.07 Å². The van der Waals surface area contributed by atoms with E-state index in [1.54, 1.807) is 6.20 Å². The van der Waals surface area contributed by atoms with Crippen molar-refractivity contribution in [3.05, 3.63) is 70.6 Å². The second-order valence-electron chi connectivity index (χ2n) is 4.51. The zero-order valence-electron chi connectivity index (χ0n) is 11.0. The molecule has 2 heterocycles. The van der Waals surface area contributed by atoms with Gasteiger partial charge in [-0.25, -0.2) is 4.98 Å². The summed E-state index contributed by atoms with van der Waals surface area (Å²) in [5.41, 5.74) is 3.05. The lowest BCUT2D eigenvalue weighted by Crippen LogP contribution is -2.09. The summed E-state index contributed by atoms with van der Waals surface area (Å²) in [5, 5.41) is 0. The average Bonchev–Trinajstić information content (AvgIpc) is 2.48. The van der Waals surface area contributed by atoms with Crippen LogP contribution in [-0.4, -0.2) is 15.0 Å². The molecule has 0 aliphatic heterocycles. The van der Waals surface area contributed by atoms with Gasteiger partial charge in [-0.05, 0) is 18.6 Å². The van der Waals surface area contributed by atoms with E-state index in [1.807, 2.05) is 49.4 Å². The molecule has 3 aromatic rings. The SMILES string of the molecule is Cc1cccnc1-c1nc(-c2ccccc2)cc(=O)[nH]1. The monoisotopic (exact) mass is 263 g/mol. The molecule has 1 aromatic carbocycles. The van der Waals surface area contributed by atoms with Crippen LogP contribution in [0.1, 0.15) is 5.56 Å². The Kier molecular flexibility index (Phi) is 3.13. The standard InChI is InChI=1S/C16H13N3O/c1-11-6-5-9-17-15(11)16-18-13(10-14(20)19-16)12-7-3-2-4-8-12/h2-10H,1H3,(H,18,19,20). The molecule has 0 unspecified atom stereocenters. The Balaban J connectivity index is 2.18. The Labute approximate surface area is 116 Å². The van der Waals surface area contributed by atoms with Gasteiger partial charge in [-0.1, -0.05) is 36.4 Å². The van der Waals surface area contributed by atoms with Gasteiger partial charge in [-0.2, -0.15) is 0 Å². The summed E-state index contributed by atoms with van der Waals surface area (Å²) in [5.74, 6) is 0.495. The molecule has 0 radical (unpaired) electrons. The number of rotatable bonds is 2. The largest absolute Gasteiger partial charge is 0.305 e. The van der Waals surface area contributed by atoms with Gasteiger partial charge in [0.05, 0.1) is 5.69 Å². The lowest BCUT2D eigenvalue weighted by molar-refractivity contribution is 1.09. The number of benzene rings is 1. The number of hydrogen-bond acceptors (Lipinski definition) is 3. The third-order valence-corrected chi connectivity index (χ3v) is 3.04. The molecule has 4 nitrogen and oxygen atoms in total. The molecule has 20 heavy (non-hydrogen) atoms. The van der Waals surface area contributed by atoms with Crippen LogP contribution in [-0.2, 0) is 0 Å². The molecule has 0 atom stereocenters. The summed E-state index contributed by atoms with van der Waals surface area (Å²) in [6.45, 7) is 1.94. The van der Waals surface area contributed by atoms with Gasteiger partial charge >= 0.3 is 0 Å². The highest BCUT2D eigenvalue weighted by atomic mass is 16.1. The maximum absolute atomic E-state index is 11.8. The molecule has 0 amide bonds. The van der Waals surface area contributed by atoms with Gasteiger partial charge in [-0.3, -0.25) is 9.78 Å². The van der Waals surface area contributed by atoms with Crippen molar-refractivity contribution in [3.8, 4) is 22.8 Å². The van der Waals surface area contributed by atoms with Crippen LogP contribution in [0.5, 0.6) is 0 Å². The molecule has 4 heteroatoms. The van der Waals surface area contributed by atoms with E-state index in [4.69, 9.17) is 0 Å². The summed E-state index contributed by atoms with van der Waals surface area (Å²) in [6.07, 6.45) is 1.69. The highest BCUT2D eigenvalue weighted by Gasteiger charge is 2.08. The van der Waals surface area contributed by atoms with Crippen molar-refractivity contribution in [3.63, 3.8) is 0 Å². The van der Waals surface area contributed by atoms with Crippen molar-refractivity contribution in [1.29, 1.82) is 0 Å². The zero-order chi connectivity index (χ0) is 13.9. The van der Waals surface area contributed by atoms with Crippen LogP contribution in [0.2, 0.25) is 0 Å². The number of aromatic nitrogens is 3. The van der Waals surface area contributed by atoms with Gasteiger partial charge in [0.2, 0.25) is 0 Å². The lowest BCUT2D eigenvalue weighted by Gasteiger charge is -2.06. The molecule has 2 aromatic heterocycles. The Bertz CT molecular complexity index is 794. The van der Waals surface area contributed by atoms with Crippen molar-refractivity contribution in [2.24, 2.45) is 0 Å². The fourth-order valence-electron chi connectivity index (χ4n) is 2.06. The molecule has 0 fully saturated rings. The zero-order valence-corrected chi connectivity index (χ0v) is 11.0. The van der Waals surface area contributed by atoms with Crippen molar-refractivity contribution in [1.82, 2.24) is 15.0 Å². The van der Waals surface area contributed by atoms with Crippen LogP contribution in [0.25, 0.3) is 22.8 Å². The first-order valence-corrected chi connectivity index (χ1v) is 6.33. The van der Waals surface area contributed by atoms with E-state index >= 15 is 0 Å². The van der Waals surface area contributed by atoms with E-state index in [2.05, 4.69) is 15.0 Å². The second kappa shape index (κ2) is 5.09. The molecule has 0 bridgehead atoms. The second-order valence-corrected chi connectivity index (χ2v) is 4.51. The number of aromatic amines is 1. The molecule has 0 aliphatic carbocycles. The fraction of sp³-hybridized carbons (Fsp3) is 0.0625. The fourth-order valence-corrected chi connectivity index (χ4v) is 2.06.